The second kappa shape index (κ2) is 7.33. The minimum Gasteiger partial charge on any atom is -0.480 e. The van der Waals surface area contributed by atoms with Crippen LogP contribution in [0.3, 0.4) is 0 Å². The lowest BCUT2D eigenvalue weighted by Gasteiger charge is -2.24. The number of hydrogen-bond acceptors (Lipinski definition) is 4. The number of hydrogen-bond donors (Lipinski definition) is 2. The molecule has 1 aliphatic heterocycles. The fourth-order valence-corrected chi connectivity index (χ4v) is 2.23. The molecule has 0 bridgehead atoms. The van der Waals surface area contributed by atoms with Crippen LogP contribution in [-0.2, 0) is 9.59 Å². The minimum atomic E-state index is -0.814. The van der Waals surface area contributed by atoms with Crippen LogP contribution in [0.25, 0.3) is 0 Å². The largest absolute Gasteiger partial charge is 0.480 e. The highest BCUT2D eigenvalue weighted by molar-refractivity contribution is 5.78. The van der Waals surface area contributed by atoms with Crippen LogP contribution < -0.4 is 5.73 Å². The van der Waals surface area contributed by atoms with Crippen LogP contribution in [0.15, 0.2) is 0 Å². The van der Waals surface area contributed by atoms with Gasteiger partial charge >= 0.3 is 5.97 Å². The zero-order valence-electron chi connectivity index (χ0n) is 11.0. The molecular formula is C12H23N3O3. The molecule has 104 valence electrons. The van der Waals surface area contributed by atoms with Gasteiger partial charge in [-0.1, -0.05) is 6.92 Å². The smallest absolute Gasteiger partial charge is 0.317 e. The van der Waals surface area contributed by atoms with E-state index in [1.54, 1.807) is 0 Å². The first-order valence-corrected chi connectivity index (χ1v) is 6.47. The number of nitrogens with two attached hydrogens (primary N) is 1. The van der Waals surface area contributed by atoms with Gasteiger partial charge in [0.05, 0.1) is 6.54 Å². The quantitative estimate of drug-likeness (QED) is 0.699. The molecule has 1 rings (SSSR count). The van der Waals surface area contributed by atoms with Crippen molar-refractivity contribution in [2.75, 3.05) is 39.3 Å². The summed E-state index contributed by atoms with van der Waals surface area (Å²) in [5.41, 5.74) is 5.46. The third kappa shape index (κ3) is 4.62. The van der Waals surface area contributed by atoms with Crippen molar-refractivity contribution < 1.29 is 14.7 Å². The molecule has 6 heteroatoms. The predicted molar refractivity (Wildman–Crippen MR) is 68.1 cm³/mol. The SMILES string of the molecule is CC(CCN)C(=O)N1CCCN(CC(=O)O)CC1. The zero-order valence-corrected chi connectivity index (χ0v) is 11.0. The Morgan fingerprint density at radius 2 is 2.00 bits per heavy atom. The topological polar surface area (TPSA) is 86.9 Å². The Kier molecular flexibility index (Phi) is 6.07. The summed E-state index contributed by atoms with van der Waals surface area (Å²) in [6.45, 7) is 5.17. The average molecular weight is 257 g/mol. The number of carbonyl (C=O) groups is 2. The highest BCUT2D eigenvalue weighted by atomic mass is 16.4. The lowest BCUT2D eigenvalue weighted by Crippen LogP contribution is -2.39. The second-order valence-corrected chi connectivity index (χ2v) is 4.83. The Labute approximate surface area is 108 Å². The van der Waals surface area contributed by atoms with Gasteiger partial charge in [-0.2, -0.15) is 0 Å². The van der Waals surface area contributed by atoms with E-state index in [9.17, 15) is 9.59 Å². The number of carboxylic acid groups (broad SMARTS) is 1. The minimum absolute atomic E-state index is 0.0407. The summed E-state index contributed by atoms with van der Waals surface area (Å²) in [6, 6.07) is 0. The molecule has 0 spiro atoms. The molecule has 3 N–H and O–H groups in total. The van der Waals surface area contributed by atoms with Crippen LogP contribution in [0.5, 0.6) is 0 Å². The molecule has 1 aliphatic rings. The Balaban J connectivity index is 2.46. The zero-order chi connectivity index (χ0) is 13.5. The van der Waals surface area contributed by atoms with Crippen LogP contribution in [0.1, 0.15) is 19.8 Å². The maximum atomic E-state index is 12.1. The number of rotatable bonds is 5. The van der Waals surface area contributed by atoms with E-state index in [4.69, 9.17) is 10.8 Å². The number of amides is 1. The van der Waals surface area contributed by atoms with Crippen LogP contribution in [0.4, 0.5) is 0 Å². The lowest BCUT2D eigenvalue weighted by atomic mass is 10.1. The molecule has 0 aliphatic carbocycles. The van der Waals surface area contributed by atoms with E-state index in [0.717, 1.165) is 13.0 Å². The van der Waals surface area contributed by atoms with Gasteiger partial charge in [-0.05, 0) is 19.4 Å². The van der Waals surface area contributed by atoms with E-state index in [1.165, 1.54) is 0 Å². The molecule has 1 heterocycles. The van der Waals surface area contributed by atoms with Gasteiger partial charge in [-0.3, -0.25) is 14.5 Å². The van der Waals surface area contributed by atoms with Gasteiger partial charge in [0.1, 0.15) is 0 Å². The van der Waals surface area contributed by atoms with Gasteiger partial charge in [-0.15, -0.1) is 0 Å². The molecule has 0 aromatic carbocycles. The van der Waals surface area contributed by atoms with Crippen molar-refractivity contribution in [1.82, 2.24) is 9.80 Å². The van der Waals surface area contributed by atoms with Gasteiger partial charge < -0.3 is 15.7 Å². The van der Waals surface area contributed by atoms with E-state index >= 15 is 0 Å². The maximum absolute atomic E-state index is 12.1. The molecular weight excluding hydrogens is 234 g/mol. The summed E-state index contributed by atoms with van der Waals surface area (Å²) >= 11 is 0. The normalized spacial score (nSPS) is 19.3. The van der Waals surface area contributed by atoms with Gasteiger partial charge in [0, 0.05) is 32.1 Å². The molecule has 1 amide bonds. The molecule has 0 radical (unpaired) electrons. The van der Waals surface area contributed by atoms with E-state index in [2.05, 4.69) is 0 Å². The monoisotopic (exact) mass is 257 g/mol. The maximum Gasteiger partial charge on any atom is 0.317 e. The fraction of sp³-hybridized carbons (Fsp3) is 0.833. The molecule has 1 unspecified atom stereocenters. The van der Waals surface area contributed by atoms with Gasteiger partial charge in [0.2, 0.25) is 5.91 Å². The first-order chi connectivity index (χ1) is 8.54. The van der Waals surface area contributed by atoms with Crippen LogP contribution in [-0.4, -0.2) is 66.1 Å². The standard InChI is InChI=1S/C12H23N3O3/c1-10(3-4-13)12(18)15-6-2-5-14(7-8-15)9-11(16)17/h10H,2-9,13H2,1H3,(H,16,17). The van der Waals surface area contributed by atoms with Crippen molar-refractivity contribution in [3.05, 3.63) is 0 Å². The van der Waals surface area contributed by atoms with Gasteiger partial charge in [-0.25, -0.2) is 0 Å². The second-order valence-electron chi connectivity index (χ2n) is 4.83. The molecule has 1 atom stereocenters. The van der Waals surface area contributed by atoms with Crippen molar-refractivity contribution in [1.29, 1.82) is 0 Å². The van der Waals surface area contributed by atoms with E-state index < -0.39 is 5.97 Å². The highest BCUT2D eigenvalue weighted by Gasteiger charge is 2.23. The number of carbonyl (C=O) groups excluding carboxylic acids is 1. The first-order valence-electron chi connectivity index (χ1n) is 6.47. The molecule has 1 saturated heterocycles. The summed E-state index contributed by atoms with van der Waals surface area (Å²) in [6.07, 6.45) is 1.53. The third-order valence-corrected chi connectivity index (χ3v) is 3.28. The fourth-order valence-electron chi connectivity index (χ4n) is 2.23. The first kappa shape index (κ1) is 14.9. The van der Waals surface area contributed by atoms with E-state index in [1.807, 2.05) is 16.7 Å². The van der Waals surface area contributed by atoms with E-state index in [0.29, 0.717) is 32.6 Å². The molecule has 0 aromatic heterocycles. The summed E-state index contributed by atoms with van der Waals surface area (Å²) in [4.78, 5) is 26.5. The van der Waals surface area contributed by atoms with Crippen LogP contribution in [0, 0.1) is 5.92 Å². The molecule has 0 saturated carbocycles. The Bertz CT molecular complexity index is 296. The van der Waals surface area contributed by atoms with Crippen molar-refractivity contribution >= 4 is 11.9 Å². The highest BCUT2D eigenvalue weighted by Crippen LogP contribution is 2.10. The lowest BCUT2D eigenvalue weighted by molar-refractivity contribution is -0.138. The Morgan fingerprint density at radius 1 is 1.28 bits per heavy atom. The molecule has 6 nitrogen and oxygen atoms in total. The summed E-state index contributed by atoms with van der Waals surface area (Å²) in [7, 11) is 0. The molecule has 18 heavy (non-hydrogen) atoms. The van der Waals surface area contributed by atoms with E-state index in [-0.39, 0.29) is 18.4 Å². The van der Waals surface area contributed by atoms with Crippen LogP contribution >= 0.6 is 0 Å². The molecule has 1 fully saturated rings. The molecule has 0 aromatic rings. The predicted octanol–water partition coefficient (Wildman–Crippen LogP) is -0.410. The summed E-state index contributed by atoms with van der Waals surface area (Å²) in [5, 5.41) is 8.75. The third-order valence-electron chi connectivity index (χ3n) is 3.28. The number of carboxylic acids is 1. The van der Waals surface area contributed by atoms with Crippen molar-refractivity contribution in [2.24, 2.45) is 11.7 Å². The van der Waals surface area contributed by atoms with Crippen molar-refractivity contribution in [3.8, 4) is 0 Å². The Hall–Kier alpha value is -1.14. The van der Waals surface area contributed by atoms with Crippen molar-refractivity contribution in [3.63, 3.8) is 0 Å². The number of aliphatic carboxylic acids is 1. The van der Waals surface area contributed by atoms with Crippen molar-refractivity contribution in [2.45, 2.75) is 19.8 Å². The van der Waals surface area contributed by atoms with Gasteiger partial charge in [0.15, 0.2) is 0 Å². The summed E-state index contributed by atoms with van der Waals surface area (Å²) in [5.74, 6) is -0.718. The Morgan fingerprint density at radius 3 is 2.61 bits per heavy atom. The average Bonchev–Trinajstić information content (AvgIpc) is 2.53. The summed E-state index contributed by atoms with van der Waals surface area (Å²) < 4.78 is 0. The number of nitrogens with zero attached hydrogens (tertiary/aromatic N) is 2. The van der Waals surface area contributed by atoms with Gasteiger partial charge in [0.25, 0.3) is 0 Å². The van der Waals surface area contributed by atoms with Crippen LogP contribution in [0.2, 0.25) is 0 Å².